The first-order chi connectivity index (χ1) is 16.2. The Bertz CT molecular complexity index is 1420. The lowest BCUT2D eigenvalue weighted by Crippen LogP contribution is -2.38. The molecule has 10 heteroatoms. The maximum atomic E-state index is 13.4. The third kappa shape index (κ3) is 5.27. The van der Waals surface area contributed by atoms with Crippen molar-refractivity contribution in [1.29, 1.82) is 0 Å². The van der Waals surface area contributed by atoms with Crippen LogP contribution in [-0.2, 0) is 14.8 Å². The van der Waals surface area contributed by atoms with Gasteiger partial charge in [-0.05, 0) is 61.4 Å². The molecule has 1 N–H and O–H groups in total. The third-order valence-electron chi connectivity index (χ3n) is 5.16. The minimum absolute atomic E-state index is 0.0990. The number of hydrogen-bond acceptors (Lipinski definition) is 6. The lowest BCUT2D eigenvalue weighted by molar-refractivity contribution is -0.114. The Morgan fingerprint density at radius 3 is 2.35 bits per heavy atom. The average Bonchev–Trinajstić information content (AvgIpc) is 3.28. The van der Waals surface area contributed by atoms with Gasteiger partial charge in [-0.3, -0.25) is 14.4 Å². The SMILES string of the molecule is Cc1ccc(N(CC(=O)Nc2nnc(-c3ccc(Cl)cc3)s2)S(=O)(=O)c2ccccc2)cc1C. The fourth-order valence-corrected chi connectivity index (χ4v) is 5.51. The van der Waals surface area contributed by atoms with Crippen molar-refractivity contribution in [3.05, 3.63) is 88.9 Å². The second kappa shape index (κ2) is 9.92. The van der Waals surface area contributed by atoms with E-state index in [4.69, 9.17) is 11.6 Å². The van der Waals surface area contributed by atoms with Crippen LogP contribution in [0.4, 0.5) is 10.8 Å². The quantitative estimate of drug-likeness (QED) is 0.362. The predicted octanol–water partition coefficient (Wildman–Crippen LogP) is 5.31. The Labute approximate surface area is 207 Å². The van der Waals surface area contributed by atoms with E-state index in [1.54, 1.807) is 42.5 Å². The maximum Gasteiger partial charge on any atom is 0.264 e. The van der Waals surface area contributed by atoms with E-state index in [0.717, 1.165) is 21.0 Å². The van der Waals surface area contributed by atoms with Crippen LogP contribution in [0.1, 0.15) is 11.1 Å². The molecule has 0 unspecified atom stereocenters. The zero-order chi connectivity index (χ0) is 24.3. The Kier molecular flexibility index (Phi) is 6.97. The van der Waals surface area contributed by atoms with Crippen molar-refractivity contribution in [3.63, 3.8) is 0 Å². The summed E-state index contributed by atoms with van der Waals surface area (Å²) in [5, 5.41) is 12.3. The van der Waals surface area contributed by atoms with Gasteiger partial charge < -0.3 is 0 Å². The highest BCUT2D eigenvalue weighted by Crippen LogP contribution is 2.28. The number of aryl methyl sites for hydroxylation is 2. The van der Waals surface area contributed by atoms with Crippen LogP contribution in [0.25, 0.3) is 10.6 Å². The lowest BCUT2D eigenvalue weighted by Gasteiger charge is -2.24. The standard InChI is InChI=1S/C24H21ClN4O3S2/c1-16-8-13-20(14-17(16)2)29(34(31,32)21-6-4-3-5-7-21)15-22(30)26-24-28-27-23(33-24)18-9-11-19(25)12-10-18/h3-14H,15H2,1-2H3,(H,26,28,30). The van der Waals surface area contributed by atoms with E-state index in [1.807, 2.05) is 32.0 Å². The number of sulfonamides is 1. The summed E-state index contributed by atoms with van der Waals surface area (Å²) in [4.78, 5) is 13.0. The number of carbonyl (C=O) groups is 1. The van der Waals surface area contributed by atoms with E-state index in [1.165, 1.54) is 23.5 Å². The normalized spacial score (nSPS) is 11.3. The highest BCUT2D eigenvalue weighted by molar-refractivity contribution is 7.92. The molecule has 0 atom stereocenters. The summed E-state index contributed by atoms with van der Waals surface area (Å²) in [6.45, 7) is 3.41. The molecule has 1 heterocycles. The van der Waals surface area contributed by atoms with Crippen molar-refractivity contribution in [2.45, 2.75) is 18.7 Å². The summed E-state index contributed by atoms with van der Waals surface area (Å²) < 4.78 is 28.0. The number of anilines is 2. The van der Waals surface area contributed by atoms with Gasteiger partial charge in [0.2, 0.25) is 11.0 Å². The van der Waals surface area contributed by atoms with Gasteiger partial charge in [0.25, 0.3) is 10.0 Å². The summed E-state index contributed by atoms with van der Waals surface area (Å²) in [6.07, 6.45) is 0. The third-order valence-corrected chi connectivity index (χ3v) is 8.09. The molecule has 3 aromatic carbocycles. The Hall–Kier alpha value is -3.27. The Morgan fingerprint density at radius 2 is 1.68 bits per heavy atom. The number of amides is 1. The van der Waals surface area contributed by atoms with Gasteiger partial charge >= 0.3 is 0 Å². The number of rotatable bonds is 7. The number of nitrogens with one attached hydrogen (secondary N) is 1. The van der Waals surface area contributed by atoms with Crippen LogP contribution in [0.15, 0.2) is 77.7 Å². The topological polar surface area (TPSA) is 92.3 Å². The molecule has 0 bridgehead atoms. The van der Waals surface area contributed by atoms with Gasteiger partial charge in [0.15, 0.2) is 0 Å². The van der Waals surface area contributed by atoms with Crippen LogP contribution in [0, 0.1) is 13.8 Å². The summed E-state index contributed by atoms with van der Waals surface area (Å²) in [5.41, 5.74) is 3.16. The number of hydrogen-bond donors (Lipinski definition) is 1. The van der Waals surface area contributed by atoms with Gasteiger partial charge in [0, 0.05) is 10.6 Å². The van der Waals surface area contributed by atoms with Crippen molar-refractivity contribution in [3.8, 4) is 10.6 Å². The minimum Gasteiger partial charge on any atom is -0.299 e. The lowest BCUT2D eigenvalue weighted by atomic mass is 10.1. The molecule has 1 amide bonds. The molecular formula is C24H21ClN4O3S2. The molecule has 7 nitrogen and oxygen atoms in total. The molecule has 174 valence electrons. The fourth-order valence-electron chi connectivity index (χ4n) is 3.19. The molecule has 0 saturated heterocycles. The summed E-state index contributed by atoms with van der Waals surface area (Å²) in [5.74, 6) is -0.531. The Morgan fingerprint density at radius 1 is 0.971 bits per heavy atom. The van der Waals surface area contributed by atoms with Crippen molar-refractivity contribution in [2.24, 2.45) is 0 Å². The van der Waals surface area contributed by atoms with Crippen LogP contribution >= 0.6 is 22.9 Å². The van der Waals surface area contributed by atoms with Gasteiger partial charge in [-0.2, -0.15) is 0 Å². The molecule has 1 aromatic heterocycles. The van der Waals surface area contributed by atoms with Crippen molar-refractivity contribution < 1.29 is 13.2 Å². The van der Waals surface area contributed by atoms with Crippen LogP contribution in [-0.4, -0.2) is 31.1 Å². The van der Waals surface area contributed by atoms with Gasteiger partial charge in [-0.25, -0.2) is 8.42 Å². The molecule has 0 fully saturated rings. The van der Waals surface area contributed by atoms with E-state index >= 15 is 0 Å². The monoisotopic (exact) mass is 512 g/mol. The van der Waals surface area contributed by atoms with Gasteiger partial charge in [-0.15, -0.1) is 10.2 Å². The number of benzene rings is 3. The van der Waals surface area contributed by atoms with Gasteiger partial charge in [0.05, 0.1) is 10.6 Å². The second-order valence-corrected chi connectivity index (χ2v) is 10.8. The molecule has 4 aromatic rings. The smallest absolute Gasteiger partial charge is 0.264 e. The summed E-state index contributed by atoms with van der Waals surface area (Å²) >= 11 is 7.11. The molecule has 0 aliphatic heterocycles. The highest BCUT2D eigenvalue weighted by Gasteiger charge is 2.27. The number of aromatic nitrogens is 2. The first-order valence-electron chi connectivity index (χ1n) is 10.3. The fraction of sp³-hybridized carbons (Fsp3) is 0.125. The molecule has 0 saturated carbocycles. The summed E-state index contributed by atoms with van der Waals surface area (Å²) in [6, 6.07) is 20.4. The van der Waals surface area contributed by atoms with Gasteiger partial charge in [-0.1, -0.05) is 59.3 Å². The zero-order valence-corrected chi connectivity index (χ0v) is 20.8. The van der Waals surface area contributed by atoms with Crippen LogP contribution < -0.4 is 9.62 Å². The first kappa shape index (κ1) is 23.9. The molecule has 4 rings (SSSR count). The molecular weight excluding hydrogens is 492 g/mol. The van der Waals surface area contributed by atoms with E-state index in [0.29, 0.717) is 15.7 Å². The van der Waals surface area contributed by atoms with Crippen molar-refractivity contribution >= 4 is 49.7 Å². The van der Waals surface area contributed by atoms with E-state index < -0.39 is 22.5 Å². The van der Waals surface area contributed by atoms with E-state index in [9.17, 15) is 13.2 Å². The molecule has 0 aliphatic rings. The van der Waals surface area contributed by atoms with Crippen LogP contribution in [0.3, 0.4) is 0 Å². The molecule has 34 heavy (non-hydrogen) atoms. The first-order valence-corrected chi connectivity index (χ1v) is 12.9. The molecule has 0 spiro atoms. The van der Waals surface area contributed by atoms with Gasteiger partial charge in [0.1, 0.15) is 11.6 Å². The predicted molar refractivity (Wildman–Crippen MR) is 136 cm³/mol. The zero-order valence-electron chi connectivity index (χ0n) is 18.4. The molecule has 0 radical (unpaired) electrons. The highest BCUT2D eigenvalue weighted by atomic mass is 35.5. The van der Waals surface area contributed by atoms with Crippen molar-refractivity contribution in [1.82, 2.24) is 10.2 Å². The van der Waals surface area contributed by atoms with E-state index in [2.05, 4.69) is 15.5 Å². The number of nitrogens with zero attached hydrogens (tertiary/aromatic N) is 3. The van der Waals surface area contributed by atoms with Crippen molar-refractivity contribution in [2.75, 3.05) is 16.2 Å². The number of halogens is 1. The maximum absolute atomic E-state index is 13.4. The minimum atomic E-state index is -3.99. The van der Waals surface area contributed by atoms with Crippen LogP contribution in [0.5, 0.6) is 0 Å². The summed E-state index contributed by atoms with van der Waals surface area (Å²) in [7, 11) is -3.99. The average molecular weight is 513 g/mol. The molecule has 0 aliphatic carbocycles. The second-order valence-electron chi connectivity index (χ2n) is 7.56. The van der Waals surface area contributed by atoms with Crippen LogP contribution in [0.2, 0.25) is 5.02 Å². The number of carbonyl (C=O) groups excluding carboxylic acids is 1. The van der Waals surface area contributed by atoms with E-state index in [-0.39, 0.29) is 10.0 Å². The largest absolute Gasteiger partial charge is 0.299 e. The Balaban J connectivity index is 1.60.